The van der Waals surface area contributed by atoms with E-state index in [2.05, 4.69) is 9.88 Å². The lowest BCUT2D eigenvalue weighted by molar-refractivity contribution is 0.153. The monoisotopic (exact) mass is 341 g/mol. The summed E-state index contributed by atoms with van der Waals surface area (Å²) >= 11 is 0. The number of anilines is 1. The minimum atomic E-state index is -0.887. The molecule has 8 nitrogen and oxygen atoms in total. The molecule has 2 fully saturated rings. The van der Waals surface area contributed by atoms with E-state index >= 15 is 0 Å². The van der Waals surface area contributed by atoms with Gasteiger partial charge in [0.05, 0.1) is 11.7 Å². The molecule has 0 radical (unpaired) electrons. The lowest BCUT2D eigenvalue weighted by Crippen LogP contribution is -2.40. The van der Waals surface area contributed by atoms with E-state index in [1.54, 1.807) is 19.4 Å². The van der Waals surface area contributed by atoms with Gasteiger partial charge in [-0.1, -0.05) is 0 Å². The first kappa shape index (κ1) is 15.6. The van der Waals surface area contributed by atoms with Crippen molar-refractivity contribution in [2.75, 3.05) is 24.5 Å². The number of fused-ring (bicyclic) bond motifs is 1. The number of rotatable bonds is 2. The third-order valence-corrected chi connectivity index (χ3v) is 5.16. The molecule has 0 spiro atoms. The van der Waals surface area contributed by atoms with Crippen molar-refractivity contribution in [2.24, 2.45) is 13.0 Å². The van der Waals surface area contributed by atoms with Crippen molar-refractivity contribution in [2.45, 2.75) is 12.5 Å². The summed E-state index contributed by atoms with van der Waals surface area (Å²) in [5, 5.41) is 9.25. The third kappa shape index (κ3) is 2.63. The van der Waals surface area contributed by atoms with Crippen LogP contribution in [0.1, 0.15) is 6.42 Å². The van der Waals surface area contributed by atoms with Crippen molar-refractivity contribution < 1.29 is 9.90 Å². The number of hydrogen-bond donors (Lipinski definition) is 1. The minimum absolute atomic E-state index is 0.0712. The van der Waals surface area contributed by atoms with E-state index in [0.717, 1.165) is 18.5 Å². The van der Waals surface area contributed by atoms with Crippen LogP contribution >= 0.6 is 0 Å². The summed E-state index contributed by atoms with van der Waals surface area (Å²) in [6.45, 7) is 1.78. The van der Waals surface area contributed by atoms with Gasteiger partial charge in [-0.3, -0.25) is 14.3 Å². The van der Waals surface area contributed by atoms with Crippen molar-refractivity contribution in [3.8, 4) is 11.3 Å². The number of nitrogens with zero attached hydrogens (tertiary/aromatic N) is 5. The van der Waals surface area contributed by atoms with Crippen molar-refractivity contribution in [3.05, 3.63) is 40.9 Å². The maximum absolute atomic E-state index is 12.4. The van der Waals surface area contributed by atoms with Crippen LogP contribution in [0.4, 0.5) is 10.7 Å². The van der Waals surface area contributed by atoms with E-state index in [0.29, 0.717) is 24.7 Å². The second-order valence-electron chi connectivity index (χ2n) is 6.57. The van der Waals surface area contributed by atoms with Gasteiger partial charge in [0.1, 0.15) is 0 Å². The first-order chi connectivity index (χ1) is 12.0. The Morgan fingerprint density at radius 1 is 1.28 bits per heavy atom. The molecule has 4 heterocycles. The van der Waals surface area contributed by atoms with Crippen LogP contribution in [0.5, 0.6) is 0 Å². The molecule has 1 N–H and O–H groups in total. The van der Waals surface area contributed by atoms with Gasteiger partial charge in [-0.2, -0.15) is 0 Å². The van der Waals surface area contributed by atoms with E-state index in [-0.39, 0.29) is 17.5 Å². The third-order valence-electron chi connectivity index (χ3n) is 5.16. The molecule has 8 heteroatoms. The summed E-state index contributed by atoms with van der Waals surface area (Å²) in [4.78, 5) is 35.9. The average molecular weight is 341 g/mol. The van der Waals surface area contributed by atoms with Gasteiger partial charge in [0.25, 0.3) is 5.56 Å². The first-order valence-electron chi connectivity index (χ1n) is 8.27. The zero-order chi connectivity index (χ0) is 17.6. The Bertz CT molecular complexity index is 866. The van der Waals surface area contributed by atoms with Crippen LogP contribution in [0.3, 0.4) is 0 Å². The van der Waals surface area contributed by atoms with Crippen LogP contribution < -0.4 is 10.5 Å². The Labute approximate surface area is 144 Å². The van der Waals surface area contributed by atoms with Gasteiger partial charge in [0, 0.05) is 56.6 Å². The van der Waals surface area contributed by atoms with E-state index in [9.17, 15) is 14.7 Å². The Balaban J connectivity index is 1.72. The van der Waals surface area contributed by atoms with Crippen LogP contribution in [-0.2, 0) is 7.05 Å². The Morgan fingerprint density at radius 2 is 2.04 bits per heavy atom. The molecule has 2 aromatic heterocycles. The molecular formula is C17H19N5O3. The second kappa shape index (κ2) is 5.87. The normalized spacial score (nSPS) is 22.3. The molecule has 25 heavy (non-hydrogen) atoms. The standard InChI is InChI=1S/C17H19N5O3/c1-20-15(23)8-13(11-2-5-18-6-3-11)19-16(20)22-7-4-12-9-21(17(24)25)10-14(12)22/h2-3,5-6,8,12,14H,4,7,9-10H2,1H3,(H,24,25)/t12-,14+/m1/s1. The summed E-state index contributed by atoms with van der Waals surface area (Å²) in [5.41, 5.74) is 1.31. The number of likely N-dealkylation sites (tertiary alicyclic amines) is 1. The molecule has 2 aliphatic heterocycles. The number of pyridine rings is 1. The van der Waals surface area contributed by atoms with E-state index in [4.69, 9.17) is 4.98 Å². The van der Waals surface area contributed by atoms with E-state index in [1.165, 1.54) is 15.5 Å². The lowest BCUT2D eigenvalue weighted by Gasteiger charge is -2.27. The summed E-state index contributed by atoms with van der Waals surface area (Å²) in [6, 6.07) is 5.23. The molecule has 130 valence electrons. The summed E-state index contributed by atoms with van der Waals surface area (Å²) in [7, 11) is 1.71. The molecule has 0 unspecified atom stereocenters. The minimum Gasteiger partial charge on any atom is -0.465 e. The summed E-state index contributed by atoms with van der Waals surface area (Å²) in [6.07, 6.45) is 3.36. The molecule has 0 aromatic carbocycles. The van der Waals surface area contributed by atoms with Crippen LogP contribution in [0.15, 0.2) is 35.4 Å². The largest absolute Gasteiger partial charge is 0.465 e. The molecule has 0 aliphatic carbocycles. The molecular weight excluding hydrogens is 322 g/mol. The molecule has 2 aromatic rings. The summed E-state index contributed by atoms with van der Waals surface area (Å²) < 4.78 is 1.54. The average Bonchev–Trinajstić information content (AvgIpc) is 3.19. The number of hydrogen-bond acceptors (Lipinski definition) is 5. The topological polar surface area (TPSA) is 91.6 Å². The van der Waals surface area contributed by atoms with Crippen molar-refractivity contribution in [3.63, 3.8) is 0 Å². The molecule has 2 atom stereocenters. The zero-order valence-corrected chi connectivity index (χ0v) is 13.9. The second-order valence-corrected chi connectivity index (χ2v) is 6.57. The highest BCUT2D eigenvalue weighted by Gasteiger charge is 2.44. The van der Waals surface area contributed by atoms with Crippen LogP contribution in [-0.4, -0.2) is 56.3 Å². The molecule has 1 amide bonds. The first-order valence-corrected chi connectivity index (χ1v) is 8.27. The highest BCUT2D eigenvalue weighted by atomic mass is 16.4. The van der Waals surface area contributed by atoms with Crippen molar-refractivity contribution in [1.82, 2.24) is 19.4 Å². The number of amides is 1. The number of carboxylic acid groups (broad SMARTS) is 1. The SMILES string of the molecule is Cn1c(N2CC[C@@H]3CN(C(=O)O)C[C@@H]32)nc(-c2ccncc2)cc1=O. The van der Waals surface area contributed by atoms with E-state index in [1.807, 2.05) is 12.1 Å². The lowest BCUT2D eigenvalue weighted by atomic mass is 10.1. The Hall–Kier alpha value is -2.90. The highest BCUT2D eigenvalue weighted by molar-refractivity contribution is 5.66. The Kier molecular flexibility index (Phi) is 3.67. The summed E-state index contributed by atoms with van der Waals surface area (Å²) in [5.74, 6) is 0.886. The smallest absolute Gasteiger partial charge is 0.407 e. The van der Waals surface area contributed by atoms with Gasteiger partial charge >= 0.3 is 6.09 Å². The van der Waals surface area contributed by atoms with Crippen molar-refractivity contribution in [1.29, 1.82) is 0 Å². The van der Waals surface area contributed by atoms with Gasteiger partial charge in [-0.25, -0.2) is 9.78 Å². The van der Waals surface area contributed by atoms with Gasteiger partial charge < -0.3 is 14.9 Å². The number of aromatic nitrogens is 3. The highest BCUT2D eigenvalue weighted by Crippen LogP contribution is 2.34. The van der Waals surface area contributed by atoms with Gasteiger partial charge in [0.2, 0.25) is 5.95 Å². The fourth-order valence-corrected chi connectivity index (χ4v) is 3.82. The molecule has 0 saturated carbocycles. The molecule has 4 rings (SSSR count). The predicted molar refractivity (Wildman–Crippen MR) is 91.5 cm³/mol. The molecule has 0 bridgehead atoms. The predicted octanol–water partition coefficient (Wildman–Crippen LogP) is 1.03. The Morgan fingerprint density at radius 3 is 2.76 bits per heavy atom. The maximum atomic E-state index is 12.4. The van der Waals surface area contributed by atoms with Crippen molar-refractivity contribution >= 4 is 12.0 Å². The quantitative estimate of drug-likeness (QED) is 0.877. The van der Waals surface area contributed by atoms with Gasteiger partial charge in [0.15, 0.2) is 0 Å². The van der Waals surface area contributed by atoms with Crippen LogP contribution in [0, 0.1) is 5.92 Å². The zero-order valence-electron chi connectivity index (χ0n) is 13.9. The van der Waals surface area contributed by atoms with E-state index < -0.39 is 6.09 Å². The van der Waals surface area contributed by atoms with Gasteiger partial charge in [-0.05, 0) is 18.6 Å². The number of carbonyl (C=O) groups is 1. The van der Waals surface area contributed by atoms with Crippen LogP contribution in [0.25, 0.3) is 11.3 Å². The maximum Gasteiger partial charge on any atom is 0.407 e. The van der Waals surface area contributed by atoms with Crippen LogP contribution in [0.2, 0.25) is 0 Å². The fourth-order valence-electron chi connectivity index (χ4n) is 3.82. The fraction of sp³-hybridized carbons (Fsp3) is 0.412. The molecule has 2 saturated heterocycles. The van der Waals surface area contributed by atoms with Gasteiger partial charge in [-0.15, -0.1) is 0 Å². The molecule has 2 aliphatic rings.